The third-order valence-electron chi connectivity index (χ3n) is 3.49. The van der Waals surface area contributed by atoms with Crippen LogP contribution in [0.3, 0.4) is 0 Å². The van der Waals surface area contributed by atoms with Gasteiger partial charge in [-0.2, -0.15) is 5.10 Å². The maximum atomic E-state index is 12.6. The molecule has 0 radical (unpaired) electrons. The highest BCUT2D eigenvalue weighted by Gasteiger charge is 2.17. The molecule has 8 nitrogen and oxygen atoms in total. The van der Waals surface area contributed by atoms with Crippen LogP contribution in [0, 0.1) is 0 Å². The number of benzene rings is 1. The molecule has 0 bridgehead atoms. The van der Waals surface area contributed by atoms with Crippen LogP contribution < -0.4 is 15.8 Å². The number of nitrogens with one attached hydrogen (secondary N) is 1. The van der Waals surface area contributed by atoms with E-state index in [9.17, 15) is 9.59 Å². The predicted octanol–water partition coefficient (Wildman–Crippen LogP) is 1.33. The van der Waals surface area contributed by atoms with Crippen LogP contribution >= 0.6 is 0 Å². The van der Waals surface area contributed by atoms with Crippen molar-refractivity contribution in [3.63, 3.8) is 0 Å². The third-order valence-corrected chi connectivity index (χ3v) is 3.49. The fourth-order valence-electron chi connectivity index (χ4n) is 2.36. The van der Waals surface area contributed by atoms with Crippen molar-refractivity contribution in [3.05, 3.63) is 60.6 Å². The molecular weight excluding hydrogens is 322 g/mol. The fourth-order valence-corrected chi connectivity index (χ4v) is 2.36. The fraction of sp³-hybridized carbons (Fsp3) is 0.118. The van der Waals surface area contributed by atoms with E-state index in [0.717, 1.165) is 0 Å². The average molecular weight is 339 g/mol. The van der Waals surface area contributed by atoms with Crippen molar-refractivity contribution in [2.45, 2.75) is 0 Å². The van der Waals surface area contributed by atoms with E-state index in [1.807, 2.05) is 29.1 Å². The van der Waals surface area contributed by atoms with Gasteiger partial charge in [0.15, 0.2) is 6.61 Å². The normalized spacial score (nSPS) is 10.4. The Labute approximate surface area is 143 Å². The first-order chi connectivity index (χ1) is 12.0. The largest absolute Gasteiger partial charge is 0.484 e. The molecule has 2 heterocycles. The summed E-state index contributed by atoms with van der Waals surface area (Å²) >= 11 is 0. The summed E-state index contributed by atoms with van der Waals surface area (Å²) in [6.45, 7) is -0.193. The minimum atomic E-state index is -0.550. The van der Waals surface area contributed by atoms with Gasteiger partial charge < -0.3 is 20.4 Å². The van der Waals surface area contributed by atoms with Gasteiger partial charge in [-0.1, -0.05) is 0 Å². The first kappa shape index (κ1) is 16.3. The lowest BCUT2D eigenvalue weighted by Gasteiger charge is -2.09. The molecule has 3 rings (SSSR count). The van der Waals surface area contributed by atoms with Crippen molar-refractivity contribution >= 4 is 17.5 Å². The number of carbonyl (C=O) groups excluding carboxylic acids is 2. The Hall–Kier alpha value is -3.55. The number of rotatable bonds is 6. The van der Waals surface area contributed by atoms with Crippen LogP contribution in [0.1, 0.15) is 10.4 Å². The molecular formula is C17H17N5O3. The number of carbonyl (C=O) groups is 2. The summed E-state index contributed by atoms with van der Waals surface area (Å²) < 4.78 is 8.64. The summed E-state index contributed by atoms with van der Waals surface area (Å²) in [4.78, 5) is 23.3. The van der Waals surface area contributed by atoms with Crippen LogP contribution in [0.4, 0.5) is 5.69 Å². The van der Waals surface area contributed by atoms with E-state index in [-0.39, 0.29) is 12.5 Å². The van der Waals surface area contributed by atoms with Gasteiger partial charge in [0, 0.05) is 25.1 Å². The Morgan fingerprint density at radius 1 is 1.20 bits per heavy atom. The zero-order chi connectivity index (χ0) is 17.8. The quantitative estimate of drug-likeness (QED) is 0.707. The summed E-state index contributed by atoms with van der Waals surface area (Å²) in [7, 11) is 1.77. The van der Waals surface area contributed by atoms with Crippen LogP contribution in [0.25, 0.3) is 5.82 Å². The highest BCUT2D eigenvalue weighted by molar-refractivity contribution is 6.06. The van der Waals surface area contributed by atoms with E-state index in [1.54, 1.807) is 36.0 Å². The van der Waals surface area contributed by atoms with Crippen molar-refractivity contribution < 1.29 is 14.3 Å². The van der Waals surface area contributed by atoms with E-state index in [0.29, 0.717) is 22.8 Å². The van der Waals surface area contributed by atoms with Gasteiger partial charge in [-0.05, 0) is 36.4 Å². The Bertz CT molecular complexity index is 882. The van der Waals surface area contributed by atoms with Crippen molar-refractivity contribution in [2.24, 2.45) is 12.8 Å². The molecule has 3 N–H and O–H groups in total. The van der Waals surface area contributed by atoms with Gasteiger partial charge in [-0.3, -0.25) is 14.3 Å². The highest BCUT2D eigenvalue weighted by atomic mass is 16.5. The molecule has 3 aromatic rings. The van der Waals surface area contributed by atoms with E-state index in [2.05, 4.69) is 10.4 Å². The number of anilines is 1. The van der Waals surface area contributed by atoms with Gasteiger partial charge in [0.05, 0.1) is 6.20 Å². The second kappa shape index (κ2) is 6.91. The molecule has 0 aliphatic heterocycles. The topological polar surface area (TPSA) is 104 Å². The number of ether oxygens (including phenoxy) is 1. The molecule has 2 aromatic heterocycles. The number of nitrogens with zero attached hydrogens (tertiary/aromatic N) is 3. The minimum Gasteiger partial charge on any atom is -0.484 e. The lowest BCUT2D eigenvalue weighted by atomic mass is 10.2. The molecule has 1 aromatic carbocycles. The van der Waals surface area contributed by atoms with E-state index in [4.69, 9.17) is 10.5 Å². The molecule has 8 heteroatoms. The maximum Gasteiger partial charge on any atom is 0.261 e. The lowest BCUT2D eigenvalue weighted by Crippen LogP contribution is -2.20. The Kier molecular flexibility index (Phi) is 4.51. The van der Waals surface area contributed by atoms with Crippen molar-refractivity contribution in [1.82, 2.24) is 14.3 Å². The number of hydrogen-bond acceptors (Lipinski definition) is 4. The van der Waals surface area contributed by atoms with Crippen molar-refractivity contribution in [1.29, 1.82) is 0 Å². The standard InChI is InChI=1S/C17H17N5O3/c1-21-17(22-8-2-3-9-22)14(10-19-21)16(24)20-12-4-6-13(7-5-12)25-11-15(18)23/h2-10H,11H2,1H3,(H2,18,23)(H,20,24). The summed E-state index contributed by atoms with van der Waals surface area (Å²) in [6.07, 6.45) is 5.21. The second-order valence-corrected chi connectivity index (χ2v) is 5.33. The predicted molar refractivity (Wildman–Crippen MR) is 91.6 cm³/mol. The first-order valence-corrected chi connectivity index (χ1v) is 7.52. The first-order valence-electron chi connectivity index (χ1n) is 7.52. The van der Waals surface area contributed by atoms with Gasteiger partial charge >= 0.3 is 0 Å². The minimum absolute atomic E-state index is 0.193. The summed E-state index contributed by atoms with van der Waals surface area (Å²) in [6, 6.07) is 10.4. The van der Waals surface area contributed by atoms with Crippen LogP contribution in [0.15, 0.2) is 55.0 Å². The molecule has 0 unspecified atom stereocenters. The molecule has 2 amide bonds. The lowest BCUT2D eigenvalue weighted by molar-refractivity contribution is -0.119. The van der Waals surface area contributed by atoms with Gasteiger partial charge in [0.2, 0.25) is 0 Å². The second-order valence-electron chi connectivity index (χ2n) is 5.33. The number of nitrogens with two attached hydrogens (primary N) is 1. The van der Waals surface area contributed by atoms with Crippen molar-refractivity contribution in [2.75, 3.05) is 11.9 Å². The van der Waals surface area contributed by atoms with Gasteiger partial charge in [-0.15, -0.1) is 0 Å². The Balaban J connectivity index is 1.74. The summed E-state index contributed by atoms with van der Waals surface area (Å²) in [5, 5.41) is 6.97. The maximum absolute atomic E-state index is 12.6. The average Bonchev–Trinajstić information content (AvgIpc) is 3.23. The molecule has 0 saturated carbocycles. The van der Waals surface area contributed by atoms with E-state index >= 15 is 0 Å². The number of aromatic nitrogens is 3. The van der Waals surface area contributed by atoms with E-state index in [1.165, 1.54) is 6.20 Å². The monoisotopic (exact) mass is 339 g/mol. The van der Waals surface area contributed by atoms with Crippen LogP contribution in [-0.4, -0.2) is 32.8 Å². The molecule has 0 aliphatic carbocycles. The molecule has 0 spiro atoms. The van der Waals surface area contributed by atoms with Crippen LogP contribution in [0.2, 0.25) is 0 Å². The van der Waals surface area contributed by atoms with Crippen LogP contribution in [-0.2, 0) is 11.8 Å². The highest BCUT2D eigenvalue weighted by Crippen LogP contribution is 2.19. The summed E-state index contributed by atoms with van der Waals surface area (Å²) in [5.74, 6) is 0.337. The zero-order valence-corrected chi connectivity index (χ0v) is 13.5. The Morgan fingerprint density at radius 3 is 2.52 bits per heavy atom. The molecule has 0 saturated heterocycles. The van der Waals surface area contributed by atoms with Crippen LogP contribution in [0.5, 0.6) is 5.75 Å². The molecule has 0 fully saturated rings. The van der Waals surface area contributed by atoms with Gasteiger partial charge in [0.25, 0.3) is 11.8 Å². The molecule has 25 heavy (non-hydrogen) atoms. The number of hydrogen-bond donors (Lipinski definition) is 2. The smallest absolute Gasteiger partial charge is 0.261 e. The molecule has 0 atom stereocenters. The Morgan fingerprint density at radius 2 is 1.88 bits per heavy atom. The van der Waals surface area contributed by atoms with Gasteiger partial charge in [-0.25, -0.2) is 0 Å². The third kappa shape index (κ3) is 3.69. The molecule has 128 valence electrons. The summed E-state index contributed by atoms with van der Waals surface area (Å²) in [5.41, 5.74) is 6.07. The molecule has 0 aliphatic rings. The number of aryl methyl sites for hydroxylation is 1. The SMILES string of the molecule is Cn1ncc(C(=O)Nc2ccc(OCC(N)=O)cc2)c1-n1cccc1. The zero-order valence-electron chi connectivity index (χ0n) is 13.5. The van der Waals surface area contributed by atoms with Crippen molar-refractivity contribution in [3.8, 4) is 11.6 Å². The number of primary amides is 1. The number of amides is 2. The van der Waals surface area contributed by atoms with E-state index < -0.39 is 5.91 Å². The van der Waals surface area contributed by atoms with Gasteiger partial charge in [0.1, 0.15) is 17.1 Å².